The lowest BCUT2D eigenvalue weighted by atomic mass is 10.1. The minimum absolute atomic E-state index is 0.469. The highest BCUT2D eigenvalue weighted by Gasteiger charge is 2.04. The molecule has 0 aliphatic heterocycles. The Kier molecular flexibility index (Phi) is 2.41. The van der Waals surface area contributed by atoms with Gasteiger partial charge in [0.15, 0.2) is 0 Å². The van der Waals surface area contributed by atoms with Gasteiger partial charge in [-0.2, -0.15) is 0 Å². The van der Waals surface area contributed by atoms with Crippen molar-refractivity contribution in [2.45, 2.75) is 13.8 Å². The normalized spacial score (nSPS) is 10.1. The summed E-state index contributed by atoms with van der Waals surface area (Å²) in [7, 11) is 0. The first kappa shape index (κ1) is 9.08. The molecule has 0 aliphatic carbocycles. The zero-order valence-corrected chi connectivity index (χ0v) is 8.71. The smallest absolute Gasteiger partial charge is 0.319 e. The van der Waals surface area contributed by atoms with Gasteiger partial charge in [0.2, 0.25) is 0 Å². The number of aryl methyl sites for hydroxylation is 2. The Labute approximate surface area is 85.7 Å². The van der Waals surface area contributed by atoms with Crippen LogP contribution in [-0.4, -0.2) is 14.8 Å². The van der Waals surface area contributed by atoms with Crippen LogP contribution in [0, 0.1) is 13.8 Å². The van der Waals surface area contributed by atoms with E-state index in [1.54, 1.807) is 0 Å². The molecule has 4 nitrogen and oxygen atoms in total. The summed E-state index contributed by atoms with van der Waals surface area (Å²) in [6, 6.07) is 5.98. The molecule has 0 saturated carbocycles. The summed E-state index contributed by atoms with van der Waals surface area (Å²) >= 11 is 1.14. The Bertz CT molecular complexity index is 428. The molecule has 0 atom stereocenters. The predicted octanol–water partition coefficient (Wildman–Crippen LogP) is 2.34. The molecule has 2 rings (SSSR count). The molecule has 0 bridgehead atoms. The van der Waals surface area contributed by atoms with Gasteiger partial charge in [0, 0.05) is 11.5 Å². The predicted molar refractivity (Wildman–Crippen MR) is 53.7 cm³/mol. The fourth-order valence-electron chi connectivity index (χ4n) is 1.17. The van der Waals surface area contributed by atoms with E-state index in [0.29, 0.717) is 5.19 Å². The lowest BCUT2D eigenvalue weighted by Crippen LogP contribution is -1.87. The number of hydrogen-bond acceptors (Lipinski definition) is 5. The molecule has 0 spiro atoms. The van der Waals surface area contributed by atoms with Crippen LogP contribution in [0.15, 0.2) is 18.2 Å². The molecule has 0 aliphatic rings. The lowest BCUT2D eigenvalue weighted by Gasteiger charge is -2.04. The average Bonchev–Trinajstić information content (AvgIpc) is 2.62. The molecule has 5 heteroatoms. The van der Waals surface area contributed by atoms with E-state index in [0.717, 1.165) is 22.8 Å². The first-order chi connectivity index (χ1) is 6.75. The molecule has 0 unspecified atom stereocenters. The number of rotatable bonds is 2. The van der Waals surface area contributed by atoms with Crippen LogP contribution in [0.4, 0.5) is 0 Å². The Hall–Kier alpha value is -1.49. The monoisotopic (exact) mass is 207 g/mol. The van der Waals surface area contributed by atoms with E-state index in [1.165, 1.54) is 5.56 Å². The summed E-state index contributed by atoms with van der Waals surface area (Å²) in [6.07, 6.45) is 0. The van der Waals surface area contributed by atoms with Gasteiger partial charge < -0.3 is 4.74 Å². The second kappa shape index (κ2) is 3.71. The highest BCUT2D eigenvalue weighted by molar-refractivity contribution is 7.07. The molecule has 14 heavy (non-hydrogen) atoms. The summed E-state index contributed by atoms with van der Waals surface area (Å²) in [4.78, 5) is 0. The maximum absolute atomic E-state index is 5.49. The number of nitrogens with zero attached hydrogens (tertiary/aromatic N) is 3. The van der Waals surface area contributed by atoms with Crippen LogP contribution in [0.1, 0.15) is 11.1 Å². The first-order valence-electron chi connectivity index (χ1n) is 4.16. The molecule has 0 radical (unpaired) electrons. The molecule has 0 saturated heterocycles. The minimum Gasteiger partial charge on any atom is -0.428 e. The van der Waals surface area contributed by atoms with Crippen molar-refractivity contribution in [1.82, 2.24) is 14.8 Å². The summed E-state index contributed by atoms with van der Waals surface area (Å²) in [6.45, 7) is 4.04. The Balaban J connectivity index is 2.25. The third-order valence-electron chi connectivity index (χ3n) is 1.81. The van der Waals surface area contributed by atoms with Crippen LogP contribution >= 0.6 is 11.5 Å². The summed E-state index contributed by atoms with van der Waals surface area (Å²) < 4.78 is 9.11. The third-order valence-corrected chi connectivity index (χ3v) is 2.29. The average molecular weight is 207 g/mol. The molecule has 72 valence electrons. The maximum atomic E-state index is 5.49. The van der Waals surface area contributed by atoms with E-state index in [1.807, 2.05) is 26.0 Å². The van der Waals surface area contributed by atoms with Crippen LogP contribution in [0.25, 0.3) is 0 Å². The van der Waals surface area contributed by atoms with Crippen molar-refractivity contribution in [3.05, 3.63) is 29.3 Å². The first-order valence-corrected chi connectivity index (χ1v) is 4.93. The van der Waals surface area contributed by atoms with E-state index >= 15 is 0 Å². The standard InChI is InChI=1S/C9H9N3OS/c1-6-3-4-8(7(2)5-6)13-9-10-11-12-14-9/h3-5H,1-2H3. The summed E-state index contributed by atoms with van der Waals surface area (Å²) in [5.74, 6) is 0.800. The van der Waals surface area contributed by atoms with Gasteiger partial charge in [-0.15, -0.1) is 0 Å². The van der Waals surface area contributed by atoms with Crippen LogP contribution in [-0.2, 0) is 0 Å². The number of benzene rings is 1. The minimum atomic E-state index is 0.469. The number of ether oxygens (including phenoxy) is 1. The fraction of sp³-hybridized carbons (Fsp3) is 0.222. The van der Waals surface area contributed by atoms with Crippen LogP contribution in [0.2, 0.25) is 0 Å². The van der Waals surface area contributed by atoms with Gasteiger partial charge in [-0.25, -0.2) is 0 Å². The van der Waals surface area contributed by atoms with Crippen molar-refractivity contribution in [3.8, 4) is 10.9 Å². The molecule has 0 N–H and O–H groups in total. The zero-order chi connectivity index (χ0) is 9.97. The highest BCUT2D eigenvalue weighted by Crippen LogP contribution is 2.25. The Morgan fingerprint density at radius 3 is 2.79 bits per heavy atom. The highest BCUT2D eigenvalue weighted by atomic mass is 32.1. The Morgan fingerprint density at radius 1 is 1.29 bits per heavy atom. The molecule has 0 amide bonds. The van der Waals surface area contributed by atoms with Crippen molar-refractivity contribution >= 4 is 11.5 Å². The SMILES string of the molecule is Cc1ccc(Oc2nnns2)c(C)c1. The number of hydrogen-bond donors (Lipinski definition) is 0. The zero-order valence-electron chi connectivity index (χ0n) is 7.89. The van der Waals surface area contributed by atoms with Crippen LogP contribution in [0.5, 0.6) is 10.9 Å². The van der Waals surface area contributed by atoms with Crippen molar-refractivity contribution in [3.63, 3.8) is 0 Å². The number of aromatic nitrogens is 3. The fourth-order valence-corrected chi connectivity index (χ4v) is 1.52. The van der Waals surface area contributed by atoms with Gasteiger partial charge in [0.25, 0.3) is 0 Å². The molecule has 1 aromatic carbocycles. The van der Waals surface area contributed by atoms with Crippen LogP contribution < -0.4 is 4.74 Å². The van der Waals surface area contributed by atoms with Crippen LogP contribution in [0.3, 0.4) is 0 Å². The molecular weight excluding hydrogens is 198 g/mol. The topological polar surface area (TPSA) is 47.9 Å². The van der Waals surface area contributed by atoms with E-state index in [4.69, 9.17) is 4.74 Å². The van der Waals surface area contributed by atoms with Gasteiger partial charge in [0.05, 0.1) is 0 Å². The second-order valence-electron chi connectivity index (χ2n) is 3.00. The van der Waals surface area contributed by atoms with Gasteiger partial charge >= 0.3 is 5.19 Å². The second-order valence-corrected chi connectivity index (χ2v) is 3.69. The Morgan fingerprint density at radius 2 is 2.14 bits per heavy atom. The van der Waals surface area contributed by atoms with E-state index < -0.39 is 0 Å². The van der Waals surface area contributed by atoms with Crippen molar-refractivity contribution < 1.29 is 4.74 Å². The molecule has 0 fully saturated rings. The molecule has 2 aromatic rings. The van der Waals surface area contributed by atoms with Crippen molar-refractivity contribution in [2.24, 2.45) is 0 Å². The lowest BCUT2D eigenvalue weighted by molar-refractivity contribution is 0.469. The maximum Gasteiger partial charge on any atom is 0.319 e. The molecule has 1 aromatic heterocycles. The van der Waals surface area contributed by atoms with Gasteiger partial charge in [-0.1, -0.05) is 27.3 Å². The molecular formula is C9H9N3OS. The largest absolute Gasteiger partial charge is 0.428 e. The van der Waals surface area contributed by atoms with Gasteiger partial charge in [-0.3, -0.25) is 0 Å². The molecule has 1 heterocycles. The van der Waals surface area contributed by atoms with Gasteiger partial charge in [0.1, 0.15) is 5.75 Å². The summed E-state index contributed by atoms with van der Waals surface area (Å²) in [5.41, 5.74) is 2.30. The van der Waals surface area contributed by atoms with E-state index in [2.05, 4.69) is 20.9 Å². The van der Waals surface area contributed by atoms with E-state index in [9.17, 15) is 0 Å². The van der Waals surface area contributed by atoms with E-state index in [-0.39, 0.29) is 0 Å². The third kappa shape index (κ3) is 1.88. The van der Waals surface area contributed by atoms with Gasteiger partial charge in [-0.05, 0) is 30.7 Å². The quantitative estimate of drug-likeness (QED) is 0.758. The summed E-state index contributed by atoms with van der Waals surface area (Å²) in [5, 5.41) is 7.64. The van der Waals surface area contributed by atoms with Crippen molar-refractivity contribution in [1.29, 1.82) is 0 Å². The van der Waals surface area contributed by atoms with Crippen molar-refractivity contribution in [2.75, 3.05) is 0 Å².